The van der Waals surface area contributed by atoms with Crippen LogP contribution in [-0.2, 0) is 6.42 Å². The zero-order valence-electron chi connectivity index (χ0n) is 13.3. The Balaban J connectivity index is 1.37. The first-order valence-corrected chi connectivity index (χ1v) is 8.53. The highest BCUT2D eigenvalue weighted by Crippen LogP contribution is 2.19. The number of nitrogens with one attached hydrogen (secondary N) is 3. The number of para-hydroxylation sites is 1. The van der Waals surface area contributed by atoms with Crippen LogP contribution in [-0.4, -0.2) is 44.8 Å². The first-order chi connectivity index (χ1) is 10.3. The van der Waals surface area contributed by atoms with Gasteiger partial charge in [-0.15, -0.1) is 0 Å². The summed E-state index contributed by atoms with van der Waals surface area (Å²) in [6.45, 7) is 6.82. The number of rotatable bonds is 6. The van der Waals surface area contributed by atoms with Gasteiger partial charge in [0.1, 0.15) is 26.2 Å². The van der Waals surface area contributed by atoms with Gasteiger partial charge in [-0.1, -0.05) is 18.2 Å². The molecule has 1 saturated heterocycles. The quantitative estimate of drug-likeness (QED) is 0.637. The highest BCUT2D eigenvalue weighted by Gasteiger charge is 2.18. The summed E-state index contributed by atoms with van der Waals surface area (Å²) in [6, 6.07) is 8.64. The number of aromatic amines is 1. The zero-order chi connectivity index (χ0) is 14.5. The number of quaternary nitrogens is 2. The molecule has 0 saturated carbocycles. The summed E-state index contributed by atoms with van der Waals surface area (Å²) in [5.74, 6) is 0. The zero-order valence-corrected chi connectivity index (χ0v) is 13.3. The Morgan fingerprint density at radius 3 is 2.67 bits per heavy atom. The molecule has 1 aliphatic heterocycles. The predicted molar refractivity (Wildman–Crippen MR) is 88.0 cm³/mol. The van der Waals surface area contributed by atoms with E-state index < -0.39 is 0 Å². The maximum atomic E-state index is 3.38. The number of likely N-dealkylation sites (N-methyl/N-ethyl adjacent to an activating group) is 1. The molecule has 1 aliphatic rings. The summed E-state index contributed by atoms with van der Waals surface area (Å²) in [4.78, 5) is 6.91. The fourth-order valence-corrected chi connectivity index (χ4v) is 3.49. The second kappa shape index (κ2) is 7.10. The Kier molecular flexibility index (Phi) is 4.94. The molecule has 2 aromatic rings. The van der Waals surface area contributed by atoms with Gasteiger partial charge in [0.25, 0.3) is 0 Å². The molecule has 0 unspecified atom stereocenters. The van der Waals surface area contributed by atoms with E-state index in [-0.39, 0.29) is 0 Å². The van der Waals surface area contributed by atoms with Gasteiger partial charge in [0.15, 0.2) is 0 Å². The van der Waals surface area contributed by atoms with Crippen LogP contribution in [0.1, 0.15) is 24.8 Å². The molecule has 3 nitrogen and oxygen atoms in total. The number of fused-ring (bicyclic) bond motifs is 1. The minimum absolute atomic E-state index is 1.21. The molecule has 3 N–H and O–H groups in total. The van der Waals surface area contributed by atoms with Crippen molar-refractivity contribution in [3.63, 3.8) is 0 Å². The molecule has 0 aliphatic carbocycles. The van der Waals surface area contributed by atoms with Crippen molar-refractivity contribution < 1.29 is 9.80 Å². The maximum absolute atomic E-state index is 3.38. The molecule has 1 fully saturated rings. The number of H-pyrrole nitrogens is 1. The van der Waals surface area contributed by atoms with E-state index in [9.17, 15) is 0 Å². The highest BCUT2D eigenvalue weighted by molar-refractivity contribution is 5.82. The first kappa shape index (κ1) is 14.6. The van der Waals surface area contributed by atoms with E-state index in [2.05, 4.69) is 42.5 Å². The molecule has 3 rings (SSSR count). The lowest BCUT2D eigenvalue weighted by Gasteiger charge is -2.27. The van der Waals surface area contributed by atoms with Crippen molar-refractivity contribution in [2.75, 3.05) is 39.8 Å². The summed E-state index contributed by atoms with van der Waals surface area (Å²) in [5, 5.41) is 1.41. The van der Waals surface area contributed by atoms with Crippen LogP contribution in [0.3, 0.4) is 0 Å². The van der Waals surface area contributed by atoms with Gasteiger partial charge in [-0.25, -0.2) is 0 Å². The Bertz CT molecular complexity index is 552. The molecule has 1 aromatic carbocycles. The molecular weight excluding hydrogens is 258 g/mol. The van der Waals surface area contributed by atoms with Gasteiger partial charge in [-0.05, 0) is 37.3 Å². The number of aromatic nitrogens is 1. The van der Waals surface area contributed by atoms with Crippen molar-refractivity contribution in [1.82, 2.24) is 4.98 Å². The van der Waals surface area contributed by atoms with Crippen LogP contribution in [0.4, 0.5) is 0 Å². The third-order valence-electron chi connectivity index (χ3n) is 4.96. The highest BCUT2D eigenvalue weighted by atomic mass is 15.2. The summed E-state index contributed by atoms with van der Waals surface area (Å²) < 4.78 is 0. The van der Waals surface area contributed by atoms with E-state index in [1.807, 2.05) is 4.90 Å². The molecule has 0 radical (unpaired) electrons. The molecule has 21 heavy (non-hydrogen) atoms. The summed E-state index contributed by atoms with van der Waals surface area (Å²) in [5.41, 5.74) is 2.76. The fraction of sp³-hybridized carbons (Fsp3) is 0.556. The van der Waals surface area contributed by atoms with Crippen LogP contribution >= 0.6 is 0 Å². The van der Waals surface area contributed by atoms with E-state index in [1.54, 1.807) is 4.90 Å². The molecule has 0 spiro atoms. The van der Waals surface area contributed by atoms with Gasteiger partial charge in [-0.2, -0.15) is 0 Å². The topological polar surface area (TPSA) is 24.7 Å². The van der Waals surface area contributed by atoms with Crippen molar-refractivity contribution in [2.24, 2.45) is 0 Å². The number of piperazine rings is 1. The molecule has 0 bridgehead atoms. The summed E-state index contributed by atoms with van der Waals surface area (Å²) >= 11 is 0. The van der Waals surface area contributed by atoms with Crippen LogP contribution in [0, 0.1) is 0 Å². The third-order valence-corrected chi connectivity index (χ3v) is 4.96. The van der Waals surface area contributed by atoms with E-state index in [1.165, 1.54) is 74.9 Å². The minimum atomic E-state index is 1.21. The van der Waals surface area contributed by atoms with Crippen molar-refractivity contribution >= 4 is 10.9 Å². The largest absolute Gasteiger partial charge is 0.361 e. The number of aryl methyl sites for hydroxylation is 1. The Morgan fingerprint density at radius 2 is 1.81 bits per heavy atom. The first-order valence-electron chi connectivity index (χ1n) is 8.53. The second-order valence-corrected chi connectivity index (χ2v) is 6.63. The van der Waals surface area contributed by atoms with E-state index in [0.29, 0.717) is 0 Å². The molecule has 0 atom stereocenters. The molecule has 3 heteroatoms. The molecule has 114 valence electrons. The lowest BCUT2D eigenvalue weighted by Crippen LogP contribution is -3.27. The Labute approximate surface area is 127 Å². The van der Waals surface area contributed by atoms with Gasteiger partial charge < -0.3 is 14.8 Å². The predicted octanol–water partition coefficient (Wildman–Crippen LogP) is 0.294. The van der Waals surface area contributed by atoms with Crippen molar-refractivity contribution in [3.05, 3.63) is 36.0 Å². The lowest BCUT2D eigenvalue weighted by molar-refractivity contribution is -1.00. The summed E-state index contributed by atoms with van der Waals surface area (Å²) in [7, 11) is 2.32. The summed E-state index contributed by atoms with van der Waals surface area (Å²) in [6.07, 6.45) is 7.48. The van der Waals surface area contributed by atoms with Crippen molar-refractivity contribution in [2.45, 2.75) is 25.7 Å². The molecular formula is C18H29N3+2. The standard InChI is InChI=1S/C18H27N3/c1-20-11-13-21(14-12-20)10-6-2-3-7-16-15-19-18-9-5-4-8-17(16)18/h4-5,8-9,15,19H,2-3,6-7,10-14H2,1H3/p+2. The van der Waals surface area contributed by atoms with Gasteiger partial charge in [0, 0.05) is 17.1 Å². The monoisotopic (exact) mass is 287 g/mol. The normalized spacial score (nSPS) is 22.7. The maximum Gasteiger partial charge on any atom is 0.127 e. The van der Waals surface area contributed by atoms with Gasteiger partial charge in [0.05, 0.1) is 13.6 Å². The fourth-order valence-electron chi connectivity index (χ4n) is 3.49. The molecule has 2 heterocycles. The van der Waals surface area contributed by atoms with Crippen LogP contribution in [0.5, 0.6) is 0 Å². The minimum Gasteiger partial charge on any atom is -0.361 e. The number of unbranched alkanes of at least 4 members (excludes halogenated alkanes) is 2. The smallest absolute Gasteiger partial charge is 0.127 e. The number of hydrogen-bond donors (Lipinski definition) is 3. The van der Waals surface area contributed by atoms with Crippen LogP contribution < -0.4 is 9.80 Å². The Hall–Kier alpha value is -1.32. The molecule has 1 aromatic heterocycles. The molecule has 0 amide bonds. The SMILES string of the molecule is C[NH+]1CC[NH+](CCCCCc2c[nH]c3ccccc23)CC1. The number of benzene rings is 1. The Morgan fingerprint density at radius 1 is 1.00 bits per heavy atom. The second-order valence-electron chi connectivity index (χ2n) is 6.63. The van der Waals surface area contributed by atoms with Crippen molar-refractivity contribution in [1.29, 1.82) is 0 Å². The van der Waals surface area contributed by atoms with E-state index in [0.717, 1.165) is 0 Å². The lowest BCUT2D eigenvalue weighted by atomic mass is 10.1. The van der Waals surface area contributed by atoms with E-state index >= 15 is 0 Å². The van der Waals surface area contributed by atoms with Gasteiger partial charge in [0.2, 0.25) is 0 Å². The van der Waals surface area contributed by atoms with Gasteiger partial charge >= 0.3 is 0 Å². The average Bonchev–Trinajstić information content (AvgIpc) is 2.92. The van der Waals surface area contributed by atoms with Gasteiger partial charge in [-0.3, -0.25) is 0 Å². The average molecular weight is 287 g/mol. The van der Waals surface area contributed by atoms with Crippen LogP contribution in [0.15, 0.2) is 30.5 Å². The van der Waals surface area contributed by atoms with Crippen LogP contribution in [0.2, 0.25) is 0 Å². The van der Waals surface area contributed by atoms with E-state index in [4.69, 9.17) is 0 Å². The van der Waals surface area contributed by atoms with Crippen molar-refractivity contribution in [3.8, 4) is 0 Å². The number of hydrogen-bond acceptors (Lipinski definition) is 0. The third kappa shape index (κ3) is 3.86. The van der Waals surface area contributed by atoms with Crippen LogP contribution in [0.25, 0.3) is 10.9 Å².